The highest BCUT2D eigenvalue weighted by atomic mass is 16.5. The number of ether oxygens (including phenoxy) is 2. The molecule has 2 aliphatic heterocycles. The first-order valence-electron chi connectivity index (χ1n) is 9.38. The number of piperidine rings is 1. The third-order valence-electron chi connectivity index (χ3n) is 5.28. The lowest BCUT2D eigenvalue weighted by molar-refractivity contribution is -0.904. The zero-order valence-electron chi connectivity index (χ0n) is 16.1. The third kappa shape index (κ3) is 4.42. The number of carbonyl (C=O) groups is 2. The van der Waals surface area contributed by atoms with E-state index in [4.69, 9.17) is 9.47 Å². The van der Waals surface area contributed by atoms with Crippen molar-refractivity contribution >= 4 is 12.0 Å². The number of carbonyl (C=O) groups excluding carboxylic acids is 2. The smallest absolute Gasteiger partial charge is 0.338 e. The summed E-state index contributed by atoms with van der Waals surface area (Å²) in [4.78, 5) is 26.3. The lowest BCUT2D eigenvalue weighted by Gasteiger charge is -2.33. The highest BCUT2D eigenvalue weighted by molar-refractivity contribution is 5.95. The number of benzene rings is 1. The maximum atomic E-state index is 12.6. The first-order valence-corrected chi connectivity index (χ1v) is 9.38. The Balaban J connectivity index is 1.97. The van der Waals surface area contributed by atoms with Gasteiger partial charge in [-0.05, 0) is 30.5 Å². The molecule has 3 rings (SSSR count). The predicted molar refractivity (Wildman–Crippen MR) is 100 cm³/mol. The molecule has 0 radical (unpaired) electrons. The first kappa shape index (κ1) is 19.2. The fourth-order valence-electron chi connectivity index (χ4n) is 3.99. The Bertz CT molecular complexity index is 746. The second kappa shape index (κ2) is 8.43. The molecule has 0 aromatic heterocycles. The van der Waals surface area contributed by atoms with Crippen molar-refractivity contribution in [1.82, 2.24) is 10.6 Å². The van der Waals surface area contributed by atoms with Crippen molar-refractivity contribution in [3.05, 3.63) is 41.1 Å². The number of quaternary nitrogens is 1. The summed E-state index contributed by atoms with van der Waals surface area (Å²) in [5.41, 5.74) is 1.88. The summed E-state index contributed by atoms with van der Waals surface area (Å²) in [6.07, 6.45) is 2.38. The van der Waals surface area contributed by atoms with Gasteiger partial charge in [-0.3, -0.25) is 0 Å². The van der Waals surface area contributed by atoms with Crippen molar-refractivity contribution < 1.29 is 24.0 Å². The van der Waals surface area contributed by atoms with Crippen LogP contribution in [0.5, 0.6) is 5.75 Å². The van der Waals surface area contributed by atoms with Crippen LogP contribution in [-0.4, -0.2) is 45.9 Å². The molecule has 146 valence electrons. The van der Waals surface area contributed by atoms with Gasteiger partial charge in [0.05, 0.1) is 44.6 Å². The zero-order chi connectivity index (χ0) is 19.4. The fraction of sp³-hybridized carbons (Fsp3) is 0.500. The van der Waals surface area contributed by atoms with Crippen molar-refractivity contribution in [3.63, 3.8) is 0 Å². The Labute approximate surface area is 159 Å². The SMILES string of the molecule is COC(=O)C1=C(C[NH+]2CCC[C@@H](C)C2)NC(=O)N[C@H]1c1cccc(OC)c1. The molecule has 0 spiro atoms. The Hall–Kier alpha value is -2.54. The van der Waals surface area contributed by atoms with Crippen LogP contribution in [0.3, 0.4) is 0 Å². The van der Waals surface area contributed by atoms with E-state index < -0.39 is 12.0 Å². The third-order valence-corrected chi connectivity index (χ3v) is 5.28. The number of hydrogen-bond acceptors (Lipinski definition) is 4. The van der Waals surface area contributed by atoms with Gasteiger partial charge in [-0.15, -0.1) is 0 Å². The maximum absolute atomic E-state index is 12.6. The van der Waals surface area contributed by atoms with E-state index in [1.54, 1.807) is 7.11 Å². The summed E-state index contributed by atoms with van der Waals surface area (Å²) in [5.74, 6) is 0.874. The Morgan fingerprint density at radius 3 is 2.85 bits per heavy atom. The van der Waals surface area contributed by atoms with Gasteiger partial charge in [0.15, 0.2) is 0 Å². The van der Waals surface area contributed by atoms with Crippen LogP contribution in [0.25, 0.3) is 0 Å². The topological polar surface area (TPSA) is 81.1 Å². The second-order valence-corrected chi connectivity index (χ2v) is 7.32. The summed E-state index contributed by atoms with van der Waals surface area (Å²) in [7, 11) is 2.95. The largest absolute Gasteiger partial charge is 0.497 e. The molecular weight excluding hydrogens is 346 g/mol. The molecule has 1 aromatic carbocycles. The lowest BCUT2D eigenvalue weighted by atomic mass is 9.94. The molecule has 0 saturated carbocycles. The normalized spacial score (nSPS) is 25.4. The maximum Gasteiger partial charge on any atom is 0.338 e. The molecule has 1 unspecified atom stereocenters. The lowest BCUT2D eigenvalue weighted by Crippen LogP contribution is -3.14. The minimum atomic E-state index is -0.571. The molecule has 2 amide bonds. The van der Waals surface area contributed by atoms with E-state index >= 15 is 0 Å². The van der Waals surface area contributed by atoms with Crippen LogP contribution in [0, 0.1) is 5.92 Å². The predicted octanol–water partition coefficient (Wildman–Crippen LogP) is 0.791. The van der Waals surface area contributed by atoms with Crippen LogP contribution in [0.1, 0.15) is 31.4 Å². The van der Waals surface area contributed by atoms with Crippen LogP contribution in [0.4, 0.5) is 4.79 Å². The molecule has 1 saturated heterocycles. The summed E-state index contributed by atoms with van der Waals surface area (Å²) in [6.45, 7) is 4.91. The average molecular weight is 374 g/mol. The molecule has 7 heteroatoms. The molecule has 3 N–H and O–H groups in total. The number of methoxy groups -OCH3 is 2. The molecule has 0 bridgehead atoms. The van der Waals surface area contributed by atoms with Crippen LogP contribution < -0.4 is 20.3 Å². The van der Waals surface area contributed by atoms with Gasteiger partial charge < -0.3 is 25.0 Å². The summed E-state index contributed by atoms with van der Waals surface area (Å²) < 4.78 is 10.3. The van der Waals surface area contributed by atoms with Crippen molar-refractivity contribution in [2.24, 2.45) is 5.92 Å². The van der Waals surface area contributed by atoms with Crippen molar-refractivity contribution in [3.8, 4) is 5.75 Å². The van der Waals surface area contributed by atoms with Crippen LogP contribution in [0.15, 0.2) is 35.5 Å². The van der Waals surface area contributed by atoms with Gasteiger partial charge in [0.25, 0.3) is 0 Å². The quantitative estimate of drug-likeness (QED) is 0.666. The molecule has 3 atom stereocenters. The van der Waals surface area contributed by atoms with Crippen LogP contribution in [-0.2, 0) is 9.53 Å². The van der Waals surface area contributed by atoms with Crippen LogP contribution >= 0.6 is 0 Å². The molecule has 0 aliphatic carbocycles. The van der Waals surface area contributed by atoms with Crippen molar-refractivity contribution in [2.45, 2.75) is 25.8 Å². The Morgan fingerprint density at radius 1 is 1.33 bits per heavy atom. The van der Waals surface area contributed by atoms with Crippen LogP contribution in [0.2, 0.25) is 0 Å². The highest BCUT2D eigenvalue weighted by Gasteiger charge is 2.35. The number of urea groups is 1. The Morgan fingerprint density at radius 2 is 2.15 bits per heavy atom. The van der Waals surface area contributed by atoms with Gasteiger partial charge in [-0.1, -0.05) is 19.1 Å². The molecule has 27 heavy (non-hydrogen) atoms. The minimum absolute atomic E-state index is 0.310. The number of amides is 2. The summed E-state index contributed by atoms with van der Waals surface area (Å²) >= 11 is 0. The fourth-order valence-corrected chi connectivity index (χ4v) is 3.99. The molecule has 1 fully saturated rings. The van der Waals surface area contributed by atoms with E-state index in [0.29, 0.717) is 29.5 Å². The molecule has 2 heterocycles. The van der Waals surface area contributed by atoms with Crippen molar-refractivity contribution in [1.29, 1.82) is 0 Å². The molecule has 1 aromatic rings. The second-order valence-electron chi connectivity index (χ2n) is 7.32. The van der Waals surface area contributed by atoms with E-state index in [9.17, 15) is 9.59 Å². The molecule has 7 nitrogen and oxygen atoms in total. The van der Waals surface area contributed by atoms with Crippen molar-refractivity contribution in [2.75, 3.05) is 33.9 Å². The number of nitrogens with one attached hydrogen (secondary N) is 3. The highest BCUT2D eigenvalue weighted by Crippen LogP contribution is 2.29. The minimum Gasteiger partial charge on any atom is -0.497 e. The van der Waals surface area contributed by atoms with E-state index in [1.165, 1.54) is 18.4 Å². The van der Waals surface area contributed by atoms with E-state index in [0.717, 1.165) is 25.1 Å². The number of esters is 1. The standard InChI is InChI=1S/C20H27N3O4/c1-13-6-5-9-23(11-13)12-16-17(19(24)27-3)18(22-20(25)21-16)14-7-4-8-15(10-14)26-2/h4,7-8,10,13,18H,5-6,9,11-12H2,1-3H3,(H2,21,22,25)/p+1/t13-,18+/m1/s1. The van der Waals surface area contributed by atoms with Gasteiger partial charge >= 0.3 is 12.0 Å². The Kier molecular flexibility index (Phi) is 6.01. The number of hydrogen-bond donors (Lipinski definition) is 3. The van der Waals surface area contributed by atoms with Gasteiger partial charge in [-0.25, -0.2) is 9.59 Å². The monoisotopic (exact) mass is 374 g/mol. The first-order chi connectivity index (χ1) is 13.0. The average Bonchev–Trinajstić information content (AvgIpc) is 2.67. The van der Waals surface area contributed by atoms with E-state index in [-0.39, 0.29) is 6.03 Å². The number of rotatable bonds is 5. The van der Waals surface area contributed by atoms with E-state index in [2.05, 4.69) is 17.6 Å². The molecular formula is C20H28N3O4+. The van der Waals surface area contributed by atoms with Gasteiger partial charge in [0.2, 0.25) is 0 Å². The molecule has 2 aliphatic rings. The summed E-state index contributed by atoms with van der Waals surface area (Å²) in [5, 5.41) is 5.70. The van der Waals surface area contributed by atoms with E-state index in [1.807, 2.05) is 24.3 Å². The van der Waals surface area contributed by atoms with Gasteiger partial charge in [0.1, 0.15) is 12.3 Å². The van der Waals surface area contributed by atoms with Gasteiger partial charge in [-0.2, -0.15) is 0 Å². The number of likely N-dealkylation sites (tertiary alicyclic amines) is 1. The zero-order valence-corrected chi connectivity index (χ0v) is 16.1. The van der Waals surface area contributed by atoms with Gasteiger partial charge in [0, 0.05) is 5.92 Å². The summed E-state index contributed by atoms with van der Waals surface area (Å²) in [6, 6.07) is 6.48.